The van der Waals surface area contributed by atoms with E-state index in [2.05, 4.69) is 10.2 Å². The summed E-state index contributed by atoms with van der Waals surface area (Å²) in [6.45, 7) is 5.20. The first-order valence-electron chi connectivity index (χ1n) is 7.74. The van der Waals surface area contributed by atoms with Crippen LogP contribution in [0.1, 0.15) is 43.4 Å². The van der Waals surface area contributed by atoms with Crippen LogP contribution in [0.15, 0.2) is 18.2 Å². The Balaban J connectivity index is 2.31. The van der Waals surface area contributed by atoms with Gasteiger partial charge in [0.05, 0.1) is 5.56 Å². The Bertz CT molecular complexity index is 482. The average Bonchev–Trinajstić information content (AvgIpc) is 2.47. The Morgan fingerprint density at radius 2 is 1.86 bits per heavy atom. The zero-order valence-electron chi connectivity index (χ0n) is 12.7. The first-order valence-corrected chi connectivity index (χ1v) is 7.74. The van der Waals surface area contributed by atoms with E-state index < -0.39 is 17.6 Å². The molecule has 22 heavy (non-hydrogen) atoms. The lowest BCUT2D eigenvalue weighted by atomic mass is 9.96. The van der Waals surface area contributed by atoms with E-state index in [1.807, 2.05) is 6.92 Å². The number of nitrogens with one attached hydrogen (secondary N) is 1. The van der Waals surface area contributed by atoms with Crippen LogP contribution in [0.3, 0.4) is 0 Å². The summed E-state index contributed by atoms with van der Waals surface area (Å²) in [5.74, 6) is -0.818. The molecular weight excluding hydrogens is 296 g/mol. The van der Waals surface area contributed by atoms with Crippen LogP contribution in [0.4, 0.5) is 17.6 Å². The van der Waals surface area contributed by atoms with Gasteiger partial charge in [-0.05, 0) is 30.2 Å². The van der Waals surface area contributed by atoms with E-state index in [1.54, 1.807) is 0 Å². The molecule has 1 aliphatic heterocycles. The third-order valence-corrected chi connectivity index (χ3v) is 4.06. The molecule has 0 bridgehead atoms. The number of rotatable bonds is 5. The molecule has 6 heteroatoms. The highest BCUT2D eigenvalue weighted by Crippen LogP contribution is 2.34. The molecule has 1 N–H and O–H groups in total. The van der Waals surface area contributed by atoms with Crippen molar-refractivity contribution in [2.45, 2.75) is 38.4 Å². The molecule has 1 fully saturated rings. The largest absolute Gasteiger partial charge is 0.416 e. The average molecular weight is 318 g/mol. The van der Waals surface area contributed by atoms with Gasteiger partial charge in [-0.3, -0.25) is 4.90 Å². The van der Waals surface area contributed by atoms with Crippen LogP contribution in [-0.4, -0.2) is 31.1 Å². The number of hydrogen-bond acceptors (Lipinski definition) is 2. The van der Waals surface area contributed by atoms with Crippen molar-refractivity contribution in [3.05, 3.63) is 35.1 Å². The SMILES string of the molecule is CCCC[C@@H](c1cc(F)cc(C(F)(F)F)c1)N1CCNCC1. The van der Waals surface area contributed by atoms with E-state index >= 15 is 0 Å². The predicted molar refractivity (Wildman–Crippen MR) is 78.1 cm³/mol. The van der Waals surface area contributed by atoms with E-state index in [-0.39, 0.29) is 6.04 Å². The number of unbranched alkanes of at least 4 members (excludes halogenated alkanes) is 1. The molecule has 0 aromatic heterocycles. The third-order valence-electron chi connectivity index (χ3n) is 4.06. The lowest BCUT2D eigenvalue weighted by molar-refractivity contribution is -0.137. The monoisotopic (exact) mass is 318 g/mol. The number of halogens is 4. The van der Waals surface area contributed by atoms with Crippen molar-refractivity contribution < 1.29 is 17.6 Å². The van der Waals surface area contributed by atoms with Gasteiger partial charge < -0.3 is 5.32 Å². The molecule has 0 radical (unpaired) electrons. The second-order valence-electron chi connectivity index (χ2n) is 5.71. The van der Waals surface area contributed by atoms with E-state index in [4.69, 9.17) is 0 Å². The molecule has 0 spiro atoms. The van der Waals surface area contributed by atoms with Crippen molar-refractivity contribution >= 4 is 0 Å². The van der Waals surface area contributed by atoms with E-state index in [0.717, 1.165) is 51.5 Å². The first-order chi connectivity index (χ1) is 10.4. The van der Waals surface area contributed by atoms with Gasteiger partial charge in [0.15, 0.2) is 0 Å². The summed E-state index contributed by atoms with van der Waals surface area (Å²) < 4.78 is 52.4. The smallest absolute Gasteiger partial charge is 0.314 e. The van der Waals surface area contributed by atoms with Crippen molar-refractivity contribution in [1.82, 2.24) is 10.2 Å². The standard InChI is InChI=1S/C16H22F4N2/c1-2-3-4-15(22-7-5-21-6-8-22)12-9-13(16(18,19)20)11-14(17)10-12/h9-11,15,21H,2-8H2,1H3/t15-/m0/s1. The van der Waals surface area contributed by atoms with E-state index in [9.17, 15) is 17.6 Å². The van der Waals surface area contributed by atoms with Gasteiger partial charge >= 0.3 is 6.18 Å². The highest BCUT2D eigenvalue weighted by Gasteiger charge is 2.32. The quantitative estimate of drug-likeness (QED) is 0.826. The van der Waals surface area contributed by atoms with Gasteiger partial charge in [0.1, 0.15) is 5.82 Å². The van der Waals surface area contributed by atoms with Crippen LogP contribution >= 0.6 is 0 Å². The van der Waals surface area contributed by atoms with Gasteiger partial charge in [0, 0.05) is 32.2 Å². The van der Waals surface area contributed by atoms with Crippen LogP contribution in [0.25, 0.3) is 0 Å². The van der Waals surface area contributed by atoms with Crippen molar-refractivity contribution in [1.29, 1.82) is 0 Å². The number of benzene rings is 1. The van der Waals surface area contributed by atoms with Gasteiger partial charge in [-0.25, -0.2) is 4.39 Å². The summed E-state index contributed by atoms with van der Waals surface area (Å²) in [6.07, 6.45) is -1.90. The lowest BCUT2D eigenvalue weighted by Crippen LogP contribution is -2.45. The molecule has 1 aromatic rings. The van der Waals surface area contributed by atoms with Crippen molar-refractivity contribution in [3.63, 3.8) is 0 Å². The minimum atomic E-state index is -4.52. The molecule has 0 unspecified atom stereocenters. The summed E-state index contributed by atoms with van der Waals surface area (Å²) in [5.41, 5.74) is -0.471. The Morgan fingerprint density at radius 1 is 1.18 bits per heavy atom. The number of alkyl halides is 3. The fourth-order valence-electron chi connectivity index (χ4n) is 2.92. The normalized spacial score (nSPS) is 18.4. The maximum atomic E-state index is 13.7. The zero-order chi connectivity index (χ0) is 16.2. The lowest BCUT2D eigenvalue weighted by Gasteiger charge is -2.35. The van der Waals surface area contributed by atoms with Crippen LogP contribution in [0.2, 0.25) is 0 Å². The molecule has 1 aliphatic rings. The van der Waals surface area contributed by atoms with Crippen LogP contribution in [0, 0.1) is 5.82 Å². The fourth-order valence-corrected chi connectivity index (χ4v) is 2.92. The fraction of sp³-hybridized carbons (Fsp3) is 0.625. The molecule has 1 saturated heterocycles. The molecule has 0 amide bonds. The summed E-state index contributed by atoms with van der Waals surface area (Å²) in [5, 5.41) is 3.23. The molecule has 0 aliphatic carbocycles. The summed E-state index contributed by atoms with van der Waals surface area (Å²) in [6, 6.07) is 2.76. The summed E-state index contributed by atoms with van der Waals surface area (Å²) >= 11 is 0. The number of piperazine rings is 1. The first kappa shape index (κ1) is 17.2. The second kappa shape index (κ2) is 7.42. The molecule has 1 heterocycles. The number of nitrogens with zero attached hydrogens (tertiary/aromatic N) is 1. The van der Waals surface area contributed by atoms with Crippen LogP contribution in [-0.2, 0) is 6.18 Å². The van der Waals surface area contributed by atoms with Crippen molar-refractivity contribution in [2.24, 2.45) is 0 Å². The van der Waals surface area contributed by atoms with Gasteiger partial charge in [-0.2, -0.15) is 13.2 Å². The van der Waals surface area contributed by atoms with Crippen LogP contribution in [0.5, 0.6) is 0 Å². The molecule has 1 atom stereocenters. The molecule has 2 rings (SSSR count). The Labute approximate surface area is 128 Å². The van der Waals surface area contributed by atoms with Crippen LogP contribution < -0.4 is 5.32 Å². The zero-order valence-corrected chi connectivity index (χ0v) is 12.7. The molecular formula is C16H22F4N2. The predicted octanol–water partition coefficient (Wildman–Crippen LogP) is 3.98. The molecule has 0 saturated carbocycles. The molecule has 2 nitrogen and oxygen atoms in total. The molecule has 1 aromatic carbocycles. The maximum Gasteiger partial charge on any atom is 0.416 e. The van der Waals surface area contributed by atoms with Crippen molar-refractivity contribution in [3.8, 4) is 0 Å². The Kier molecular flexibility index (Phi) is 5.81. The number of hydrogen-bond donors (Lipinski definition) is 1. The Hall–Kier alpha value is -1.14. The Morgan fingerprint density at radius 3 is 2.45 bits per heavy atom. The third kappa shape index (κ3) is 4.43. The van der Waals surface area contributed by atoms with Gasteiger partial charge in [-0.1, -0.05) is 19.8 Å². The summed E-state index contributed by atoms with van der Waals surface area (Å²) in [7, 11) is 0. The van der Waals surface area contributed by atoms with Gasteiger partial charge in [0.2, 0.25) is 0 Å². The summed E-state index contributed by atoms with van der Waals surface area (Å²) in [4.78, 5) is 2.15. The van der Waals surface area contributed by atoms with E-state index in [0.29, 0.717) is 11.6 Å². The second-order valence-corrected chi connectivity index (χ2v) is 5.71. The highest BCUT2D eigenvalue weighted by atomic mass is 19.4. The van der Waals surface area contributed by atoms with Crippen molar-refractivity contribution in [2.75, 3.05) is 26.2 Å². The van der Waals surface area contributed by atoms with E-state index in [1.165, 1.54) is 6.07 Å². The minimum absolute atomic E-state index is 0.154. The topological polar surface area (TPSA) is 15.3 Å². The van der Waals surface area contributed by atoms with Gasteiger partial charge in [-0.15, -0.1) is 0 Å². The highest BCUT2D eigenvalue weighted by molar-refractivity contribution is 5.29. The maximum absolute atomic E-state index is 13.7. The minimum Gasteiger partial charge on any atom is -0.314 e. The molecule has 124 valence electrons. The van der Waals surface area contributed by atoms with Gasteiger partial charge in [0.25, 0.3) is 0 Å².